The van der Waals surface area contributed by atoms with Crippen LogP contribution < -0.4 is 5.32 Å². The third-order valence-electron chi connectivity index (χ3n) is 3.45. The van der Waals surface area contributed by atoms with Crippen LogP contribution in [-0.4, -0.2) is 24.3 Å². The van der Waals surface area contributed by atoms with Crippen LogP contribution in [0.25, 0.3) is 6.08 Å². The Morgan fingerprint density at radius 3 is 2.38 bits per heavy atom. The maximum atomic E-state index is 12.1. The highest BCUT2D eigenvalue weighted by atomic mass is 32.1. The number of thiophene rings is 1. The first kappa shape index (κ1) is 19.6. The zero-order valence-corrected chi connectivity index (χ0v) is 15.8. The van der Waals surface area contributed by atoms with E-state index in [1.165, 1.54) is 17.4 Å². The Bertz CT molecular complexity index is 799. The fourth-order valence-electron chi connectivity index (χ4n) is 1.86. The van der Waals surface area contributed by atoms with E-state index < -0.39 is 11.4 Å². The van der Waals surface area contributed by atoms with Crippen LogP contribution in [0.1, 0.15) is 36.7 Å². The molecule has 0 aliphatic heterocycles. The van der Waals surface area contributed by atoms with Gasteiger partial charge in [-0.05, 0) is 52.7 Å². The van der Waals surface area contributed by atoms with E-state index in [9.17, 15) is 14.4 Å². The topological polar surface area (TPSA) is 72.5 Å². The largest absolute Gasteiger partial charge is 0.454 e. The van der Waals surface area contributed by atoms with Crippen molar-refractivity contribution in [1.29, 1.82) is 0 Å². The van der Waals surface area contributed by atoms with Crippen LogP contribution in [0.2, 0.25) is 0 Å². The fraction of sp³-hybridized carbons (Fsp3) is 0.250. The van der Waals surface area contributed by atoms with Gasteiger partial charge in [-0.15, -0.1) is 0 Å². The van der Waals surface area contributed by atoms with Crippen LogP contribution in [0, 0.1) is 5.41 Å². The summed E-state index contributed by atoms with van der Waals surface area (Å²) in [5.74, 6) is -0.988. The highest BCUT2D eigenvalue weighted by molar-refractivity contribution is 7.08. The minimum atomic E-state index is -0.571. The van der Waals surface area contributed by atoms with Crippen molar-refractivity contribution in [2.45, 2.75) is 20.8 Å². The van der Waals surface area contributed by atoms with Crippen LogP contribution >= 0.6 is 11.3 Å². The molecule has 1 aromatic heterocycles. The second kappa shape index (κ2) is 8.58. The number of esters is 1. The minimum absolute atomic E-state index is 0.108. The van der Waals surface area contributed by atoms with Crippen LogP contribution in [0.3, 0.4) is 0 Å². The van der Waals surface area contributed by atoms with E-state index in [0.29, 0.717) is 11.3 Å². The van der Waals surface area contributed by atoms with Gasteiger partial charge in [0, 0.05) is 22.7 Å². The lowest BCUT2D eigenvalue weighted by Crippen LogP contribution is -2.27. The predicted octanol–water partition coefficient (Wildman–Crippen LogP) is 4.17. The summed E-state index contributed by atoms with van der Waals surface area (Å²) in [6.45, 7) is 5.13. The summed E-state index contributed by atoms with van der Waals surface area (Å²) in [7, 11) is 0. The Morgan fingerprint density at radius 2 is 1.81 bits per heavy atom. The fourth-order valence-corrected chi connectivity index (χ4v) is 2.49. The molecule has 1 heterocycles. The summed E-state index contributed by atoms with van der Waals surface area (Å²) in [5.41, 5.74) is 1.43. The van der Waals surface area contributed by atoms with Crippen molar-refractivity contribution in [1.82, 2.24) is 0 Å². The summed E-state index contributed by atoms with van der Waals surface area (Å²) in [6.07, 6.45) is 2.93. The molecule has 5 nitrogen and oxygen atoms in total. The highest BCUT2D eigenvalue weighted by Crippen LogP contribution is 2.18. The number of carbonyl (C=O) groups is 3. The van der Waals surface area contributed by atoms with Crippen molar-refractivity contribution < 1.29 is 19.1 Å². The lowest BCUT2D eigenvalue weighted by atomic mass is 9.95. The van der Waals surface area contributed by atoms with Crippen molar-refractivity contribution in [2.24, 2.45) is 5.41 Å². The van der Waals surface area contributed by atoms with E-state index in [1.54, 1.807) is 30.3 Å². The molecule has 0 saturated carbocycles. The third-order valence-corrected chi connectivity index (χ3v) is 4.15. The Labute approximate surface area is 156 Å². The first-order valence-corrected chi connectivity index (χ1v) is 9.02. The van der Waals surface area contributed by atoms with Crippen LogP contribution in [-0.2, 0) is 14.3 Å². The van der Waals surface area contributed by atoms with E-state index >= 15 is 0 Å². The highest BCUT2D eigenvalue weighted by Gasteiger charge is 2.21. The van der Waals surface area contributed by atoms with Crippen LogP contribution in [0.4, 0.5) is 5.69 Å². The average Bonchev–Trinajstić information content (AvgIpc) is 3.11. The van der Waals surface area contributed by atoms with Crippen molar-refractivity contribution in [3.63, 3.8) is 0 Å². The molecule has 0 bridgehead atoms. The number of Topliss-reactive ketones (excluding diaryl/α,β-unsaturated/α-hetero) is 1. The Kier molecular flexibility index (Phi) is 6.46. The summed E-state index contributed by atoms with van der Waals surface area (Å²) < 4.78 is 4.95. The Morgan fingerprint density at radius 1 is 1.12 bits per heavy atom. The van der Waals surface area contributed by atoms with Gasteiger partial charge in [0.25, 0.3) is 0 Å². The summed E-state index contributed by atoms with van der Waals surface area (Å²) in [5, 5.41) is 6.59. The monoisotopic (exact) mass is 371 g/mol. The normalized spacial score (nSPS) is 11.3. The molecule has 2 rings (SSSR count). The molecular formula is C20H21NO4S. The van der Waals surface area contributed by atoms with Crippen molar-refractivity contribution in [3.05, 3.63) is 58.3 Å². The zero-order chi connectivity index (χ0) is 19.2. The average molecular weight is 371 g/mol. The third kappa shape index (κ3) is 5.97. The van der Waals surface area contributed by atoms with Gasteiger partial charge in [0.15, 0.2) is 12.4 Å². The lowest BCUT2D eigenvalue weighted by molar-refractivity contribution is -0.136. The van der Waals surface area contributed by atoms with Crippen LogP contribution in [0.5, 0.6) is 0 Å². The van der Waals surface area contributed by atoms with Gasteiger partial charge in [-0.2, -0.15) is 11.3 Å². The van der Waals surface area contributed by atoms with Gasteiger partial charge in [0.2, 0.25) is 5.91 Å². The molecule has 0 spiro atoms. The second-order valence-corrected chi connectivity index (χ2v) is 7.48. The molecule has 2 aromatic rings. The molecule has 0 unspecified atom stereocenters. The summed E-state index contributed by atoms with van der Waals surface area (Å²) >= 11 is 1.53. The first-order chi connectivity index (χ1) is 12.3. The molecule has 136 valence electrons. The van der Waals surface area contributed by atoms with Gasteiger partial charge in [-0.25, -0.2) is 4.79 Å². The maximum absolute atomic E-state index is 12.1. The molecule has 6 heteroatoms. The van der Waals surface area contributed by atoms with E-state index in [4.69, 9.17) is 4.74 Å². The summed E-state index contributed by atoms with van der Waals surface area (Å²) in [6, 6.07) is 8.36. The van der Waals surface area contributed by atoms with E-state index in [2.05, 4.69) is 5.32 Å². The number of amides is 1. The number of anilines is 1. The molecule has 1 amide bonds. The number of nitrogens with one attached hydrogen (secondary N) is 1. The SMILES string of the molecule is CC(C)(C)C(=O)Nc1ccc(C(=O)COC(=O)/C=C/c2ccsc2)cc1. The standard InChI is InChI=1S/C20H21NO4S/c1-20(2,3)19(24)21-16-7-5-15(6-8-16)17(22)12-25-18(23)9-4-14-10-11-26-13-14/h4-11,13H,12H2,1-3H3,(H,21,24)/b9-4+. The number of ether oxygens (including phenoxy) is 1. The quantitative estimate of drug-likeness (QED) is 0.470. The van der Waals surface area contributed by atoms with E-state index in [1.807, 2.05) is 37.6 Å². The number of hydrogen-bond acceptors (Lipinski definition) is 5. The number of carbonyl (C=O) groups excluding carboxylic acids is 3. The van der Waals surface area contributed by atoms with Crippen molar-refractivity contribution in [3.8, 4) is 0 Å². The molecule has 1 aromatic carbocycles. The van der Waals surface area contributed by atoms with Gasteiger partial charge in [0.05, 0.1) is 0 Å². The van der Waals surface area contributed by atoms with Gasteiger partial charge in [-0.1, -0.05) is 20.8 Å². The number of hydrogen-bond donors (Lipinski definition) is 1. The molecule has 0 saturated heterocycles. The molecular weight excluding hydrogens is 350 g/mol. The summed E-state index contributed by atoms with van der Waals surface area (Å²) in [4.78, 5) is 35.7. The van der Waals surface area contributed by atoms with Crippen LogP contribution in [0.15, 0.2) is 47.2 Å². The molecule has 0 atom stereocenters. The first-order valence-electron chi connectivity index (χ1n) is 8.07. The molecule has 0 aliphatic rings. The molecule has 0 aliphatic carbocycles. The molecule has 0 fully saturated rings. The number of rotatable bonds is 6. The lowest BCUT2D eigenvalue weighted by Gasteiger charge is -2.17. The molecule has 26 heavy (non-hydrogen) atoms. The van der Waals surface area contributed by atoms with Gasteiger partial charge in [-0.3, -0.25) is 9.59 Å². The van der Waals surface area contributed by atoms with Gasteiger partial charge >= 0.3 is 5.97 Å². The Hall–Kier alpha value is -2.73. The maximum Gasteiger partial charge on any atom is 0.331 e. The van der Waals surface area contributed by atoms with Crippen molar-refractivity contribution >= 4 is 40.8 Å². The van der Waals surface area contributed by atoms with Crippen molar-refractivity contribution in [2.75, 3.05) is 11.9 Å². The Balaban J connectivity index is 1.85. The smallest absolute Gasteiger partial charge is 0.331 e. The molecule has 0 radical (unpaired) electrons. The minimum Gasteiger partial charge on any atom is -0.454 e. The van der Waals surface area contributed by atoms with E-state index in [0.717, 1.165) is 5.56 Å². The van der Waals surface area contributed by atoms with Gasteiger partial charge in [0.1, 0.15) is 0 Å². The molecule has 1 N–H and O–H groups in total. The number of ketones is 1. The number of benzene rings is 1. The van der Waals surface area contributed by atoms with Gasteiger partial charge < -0.3 is 10.1 Å². The predicted molar refractivity (Wildman–Crippen MR) is 103 cm³/mol. The van der Waals surface area contributed by atoms with E-state index in [-0.39, 0.29) is 18.3 Å². The zero-order valence-electron chi connectivity index (χ0n) is 14.9. The second-order valence-electron chi connectivity index (χ2n) is 6.70.